The van der Waals surface area contributed by atoms with Gasteiger partial charge in [0.2, 0.25) is 0 Å². The van der Waals surface area contributed by atoms with Gasteiger partial charge in [-0.05, 0) is 25.5 Å². The van der Waals surface area contributed by atoms with Crippen molar-refractivity contribution in [1.29, 1.82) is 0 Å². The first-order chi connectivity index (χ1) is 16.7. The number of para-hydroxylation sites is 1. The zero-order valence-corrected chi connectivity index (χ0v) is 20.6. The second-order valence-corrected chi connectivity index (χ2v) is 10.1. The monoisotopic (exact) mass is 468 g/mol. The Hall–Kier alpha value is -3.84. The second kappa shape index (κ2) is 7.33. The third-order valence-electron chi connectivity index (χ3n) is 7.32. The van der Waals surface area contributed by atoms with Crippen LogP contribution in [0.5, 0.6) is 0 Å². The first kappa shape index (κ1) is 21.7. The summed E-state index contributed by atoms with van der Waals surface area (Å²) in [6.45, 7) is 4.69. The van der Waals surface area contributed by atoms with Crippen molar-refractivity contribution in [2.75, 3.05) is 6.61 Å². The van der Waals surface area contributed by atoms with Gasteiger partial charge in [-0.25, -0.2) is 4.79 Å². The molecule has 3 aromatic heterocycles. The Labute approximate surface area is 202 Å². The van der Waals surface area contributed by atoms with Gasteiger partial charge in [-0.15, -0.1) is 0 Å². The Morgan fingerprint density at radius 3 is 2.34 bits per heavy atom. The first-order valence-electron chi connectivity index (χ1n) is 11.8. The molecule has 0 amide bonds. The zero-order chi connectivity index (χ0) is 24.6. The number of rotatable bonds is 2. The summed E-state index contributed by atoms with van der Waals surface area (Å²) in [4.78, 5) is 26.8. The van der Waals surface area contributed by atoms with Crippen LogP contribution >= 0.6 is 0 Å². The molecule has 2 aromatic carbocycles. The standard InChI is InChI=1S/C28H28N4O3/c1-28(2)16-35-25(19-15-29(3)20-14-10-9-13-18(19)20)24-23-21(26(33)31(5)27(34)30(23)4)22(32(24)28)17-11-7-6-8-12-17/h6-15,25H,16H2,1-5H3. The normalized spacial score (nSPS) is 17.2. The van der Waals surface area contributed by atoms with Gasteiger partial charge in [0.05, 0.1) is 34.4 Å². The molecule has 6 rings (SSSR count). The van der Waals surface area contributed by atoms with Crippen molar-refractivity contribution in [2.45, 2.75) is 25.5 Å². The van der Waals surface area contributed by atoms with Gasteiger partial charge in [0.1, 0.15) is 6.10 Å². The van der Waals surface area contributed by atoms with Gasteiger partial charge in [-0.3, -0.25) is 13.9 Å². The van der Waals surface area contributed by atoms with E-state index in [0.717, 1.165) is 33.4 Å². The Kier molecular flexibility index (Phi) is 4.54. The van der Waals surface area contributed by atoms with E-state index < -0.39 is 11.6 Å². The largest absolute Gasteiger partial charge is 0.365 e. The smallest absolute Gasteiger partial charge is 0.331 e. The topological polar surface area (TPSA) is 63.1 Å². The fourth-order valence-corrected chi connectivity index (χ4v) is 5.69. The fourth-order valence-electron chi connectivity index (χ4n) is 5.69. The molecular weight excluding hydrogens is 440 g/mol. The number of hydrogen-bond acceptors (Lipinski definition) is 3. The molecule has 0 bridgehead atoms. The number of benzene rings is 2. The average molecular weight is 469 g/mol. The number of nitrogens with zero attached hydrogens (tertiary/aromatic N) is 4. The quantitative estimate of drug-likeness (QED) is 0.393. The van der Waals surface area contributed by atoms with Crippen molar-refractivity contribution in [2.24, 2.45) is 21.1 Å². The molecule has 0 spiro atoms. The van der Waals surface area contributed by atoms with E-state index in [1.165, 1.54) is 4.57 Å². The molecule has 0 aliphatic carbocycles. The maximum Gasteiger partial charge on any atom is 0.331 e. The lowest BCUT2D eigenvalue weighted by molar-refractivity contribution is -0.00648. The fraction of sp³-hybridized carbons (Fsp3) is 0.286. The average Bonchev–Trinajstić information content (AvgIpc) is 3.39. The van der Waals surface area contributed by atoms with Crippen LogP contribution in [0.25, 0.3) is 33.1 Å². The van der Waals surface area contributed by atoms with Gasteiger partial charge < -0.3 is 13.9 Å². The SMILES string of the molecule is Cn1c(=O)c2c(-c3ccccc3)n3c(c2n(C)c1=O)C(c1cn(C)c2ccccc12)OCC3(C)C. The van der Waals surface area contributed by atoms with Gasteiger partial charge >= 0.3 is 5.69 Å². The first-order valence-corrected chi connectivity index (χ1v) is 11.8. The van der Waals surface area contributed by atoms with Crippen LogP contribution < -0.4 is 11.2 Å². The van der Waals surface area contributed by atoms with Crippen LogP contribution in [-0.2, 0) is 31.4 Å². The van der Waals surface area contributed by atoms with Crippen molar-refractivity contribution in [3.8, 4) is 11.3 Å². The molecule has 5 aromatic rings. The summed E-state index contributed by atoms with van der Waals surface area (Å²) in [5, 5.41) is 1.63. The summed E-state index contributed by atoms with van der Waals surface area (Å²) in [7, 11) is 5.30. The molecule has 1 atom stereocenters. The molecular formula is C28H28N4O3. The highest BCUT2D eigenvalue weighted by molar-refractivity contribution is 5.97. The van der Waals surface area contributed by atoms with Crippen molar-refractivity contribution >= 4 is 21.8 Å². The highest BCUT2D eigenvalue weighted by Gasteiger charge is 2.41. The van der Waals surface area contributed by atoms with Crippen LogP contribution in [0.15, 0.2) is 70.4 Å². The van der Waals surface area contributed by atoms with E-state index >= 15 is 0 Å². The third kappa shape index (κ3) is 2.88. The molecule has 1 unspecified atom stereocenters. The van der Waals surface area contributed by atoms with Crippen molar-refractivity contribution in [3.05, 3.63) is 92.9 Å². The molecule has 0 saturated heterocycles. The molecule has 7 nitrogen and oxygen atoms in total. The molecule has 0 N–H and O–H groups in total. The summed E-state index contributed by atoms with van der Waals surface area (Å²) < 4.78 is 13.7. The van der Waals surface area contributed by atoms with Gasteiger partial charge in [0.15, 0.2) is 0 Å². The van der Waals surface area contributed by atoms with Gasteiger partial charge in [-0.2, -0.15) is 0 Å². The zero-order valence-electron chi connectivity index (χ0n) is 20.6. The molecule has 178 valence electrons. The van der Waals surface area contributed by atoms with E-state index in [1.54, 1.807) is 18.7 Å². The van der Waals surface area contributed by atoms with Crippen molar-refractivity contribution in [1.82, 2.24) is 18.3 Å². The maximum atomic E-state index is 13.7. The van der Waals surface area contributed by atoms with Gasteiger partial charge in [-0.1, -0.05) is 48.5 Å². The molecule has 0 saturated carbocycles. The van der Waals surface area contributed by atoms with Crippen LogP contribution in [-0.4, -0.2) is 24.9 Å². The van der Waals surface area contributed by atoms with Crippen molar-refractivity contribution < 1.29 is 4.74 Å². The summed E-state index contributed by atoms with van der Waals surface area (Å²) in [6.07, 6.45) is 1.66. The number of fused-ring (bicyclic) bond motifs is 4. The van der Waals surface area contributed by atoms with E-state index in [1.807, 2.05) is 49.5 Å². The van der Waals surface area contributed by atoms with Crippen LogP contribution in [0.4, 0.5) is 0 Å². The molecule has 0 fully saturated rings. The minimum absolute atomic E-state index is 0.295. The molecule has 0 radical (unpaired) electrons. The summed E-state index contributed by atoms with van der Waals surface area (Å²) >= 11 is 0. The molecule has 1 aliphatic heterocycles. The van der Waals surface area contributed by atoms with Crippen LogP contribution in [0, 0.1) is 0 Å². The van der Waals surface area contributed by atoms with Crippen LogP contribution in [0.3, 0.4) is 0 Å². The van der Waals surface area contributed by atoms with Crippen LogP contribution in [0.2, 0.25) is 0 Å². The summed E-state index contributed by atoms with van der Waals surface area (Å²) in [6, 6.07) is 18.2. The third-order valence-corrected chi connectivity index (χ3v) is 7.32. The Bertz CT molecular complexity index is 1750. The molecule has 35 heavy (non-hydrogen) atoms. The van der Waals surface area contributed by atoms with E-state index in [4.69, 9.17) is 4.74 Å². The van der Waals surface area contributed by atoms with E-state index in [0.29, 0.717) is 17.5 Å². The molecule has 7 heteroatoms. The summed E-state index contributed by atoms with van der Waals surface area (Å²) in [5.74, 6) is 0. The number of aromatic nitrogens is 4. The lowest BCUT2D eigenvalue weighted by Gasteiger charge is -2.39. The molecule has 1 aliphatic rings. The van der Waals surface area contributed by atoms with Gasteiger partial charge in [0.25, 0.3) is 5.56 Å². The Balaban J connectivity index is 1.83. The molecule has 4 heterocycles. The number of ether oxygens (including phenoxy) is 1. The Morgan fingerprint density at radius 2 is 1.60 bits per heavy atom. The number of aryl methyl sites for hydroxylation is 2. The lowest BCUT2D eigenvalue weighted by atomic mass is 9.97. The van der Waals surface area contributed by atoms with E-state index in [-0.39, 0.29) is 11.2 Å². The van der Waals surface area contributed by atoms with Gasteiger partial charge in [0, 0.05) is 43.8 Å². The van der Waals surface area contributed by atoms with E-state index in [9.17, 15) is 9.59 Å². The number of hydrogen-bond donors (Lipinski definition) is 0. The second-order valence-electron chi connectivity index (χ2n) is 10.1. The van der Waals surface area contributed by atoms with E-state index in [2.05, 4.69) is 41.3 Å². The summed E-state index contributed by atoms with van der Waals surface area (Å²) in [5.41, 5.74) is 4.26. The van der Waals surface area contributed by atoms with Crippen molar-refractivity contribution in [3.63, 3.8) is 0 Å². The highest BCUT2D eigenvalue weighted by Crippen LogP contribution is 2.46. The predicted octanol–water partition coefficient (Wildman–Crippen LogP) is 4.05. The maximum absolute atomic E-state index is 13.7. The highest BCUT2D eigenvalue weighted by atomic mass is 16.5. The lowest BCUT2D eigenvalue weighted by Crippen LogP contribution is -2.40. The minimum Gasteiger partial charge on any atom is -0.365 e. The van der Waals surface area contributed by atoms with Crippen LogP contribution in [0.1, 0.15) is 31.2 Å². The minimum atomic E-state index is -0.443. The predicted molar refractivity (Wildman–Crippen MR) is 138 cm³/mol. The Morgan fingerprint density at radius 1 is 0.914 bits per heavy atom.